The van der Waals surface area contributed by atoms with E-state index in [9.17, 15) is 4.79 Å². The van der Waals surface area contributed by atoms with E-state index < -0.39 is 5.76 Å². The Hall–Kier alpha value is -2.65. The predicted molar refractivity (Wildman–Crippen MR) is 67.6 cm³/mol. The summed E-state index contributed by atoms with van der Waals surface area (Å²) in [6.07, 6.45) is 2.79. The maximum absolute atomic E-state index is 11.3. The number of oxazole rings is 1. The number of nitriles is 1. The van der Waals surface area contributed by atoms with Gasteiger partial charge in [-0.1, -0.05) is 11.6 Å². The highest BCUT2D eigenvalue weighted by Crippen LogP contribution is 2.29. The number of aromatic amines is 1. The third-order valence-corrected chi connectivity index (χ3v) is 2.89. The first-order chi connectivity index (χ1) is 9.19. The molecule has 0 bridgehead atoms. The number of halogens is 1. The van der Waals surface area contributed by atoms with E-state index in [2.05, 4.69) is 15.0 Å². The summed E-state index contributed by atoms with van der Waals surface area (Å²) in [5.41, 5.74) is 2.01. The Balaban J connectivity index is 2.27. The summed E-state index contributed by atoms with van der Waals surface area (Å²) in [7, 11) is 0. The minimum Gasteiger partial charge on any atom is -0.407 e. The Morgan fingerprint density at radius 1 is 1.32 bits per heavy atom. The van der Waals surface area contributed by atoms with E-state index in [0.717, 1.165) is 0 Å². The lowest BCUT2D eigenvalue weighted by atomic mass is 10.1. The minimum atomic E-state index is -0.592. The van der Waals surface area contributed by atoms with Crippen molar-refractivity contribution in [1.82, 2.24) is 15.0 Å². The number of benzene rings is 1. The molecule has 0 saturated heterocycles. The van der Waals surface area contributed by atoms with Crippen LogP contribution in [0.15, 0.2) is 33.7 Å². The van der Waals surface area contributed by atoms with Gasteiger partial charge in [0.15, 0.2) is 11.3 Å². The van der Waals surface area contributed by atoms with Crippen LogP contribution in [-0.4, -0.2) is 15.0 Å². The zero-order valence-electron chi connectivity index (χ0n) is 9.35. The monoisotopic (exact) mass is 272 g/mol. The molecule has 0 aliphatic heterocycles. The zero-order valence-corrected chi connectivity index (χ0v) is 10.1. The average Bonchev–Trinajstić information content (AvgIpc) is 2.82. The molecule has 0 aliphatic carbocycles. The molecule has 0 aliphatic rings. The van der Waals surface area contributed by atoms with E-state index in [4.69, 9.17) is 21.3 Å². The number of rotatable bonds is 1. The second-order valence-corrected chi connectivity index (χ2v) is 4.12. The number of aromatic nitrogens is 3. The quantitative estimate of drug-likeness (QED) is 0.732. The van der Waals surface area contributed by atoms with Crippen LogP contribution in [0.3, 0.4) is 0 Å². The van der Waals surface area contributed by atoms with Gasteiger partial charge in [-0.3, -0.25) is 9.97 Å². The summed E-state index contributed by atoms with van der Waals surface area (Å²) in [5, 5.41) is 9.06. The van der Waals surface area contributed by atoms with E-state index in [-0.39, 0.29) is 5.69 Å². The molecule has 1 aromatic carbocycles. The summed E-state index contributed by atoms with van der Waals surface area (Å²) < 4.78 is 5.06. The molecule has 0 fully saturated rings. The van der Waals surface area contributed by atoms with E-state index in [1.165, 1.54) is 12.4 Å². The van der Waals surface area contributed by atoms with Gasteiger partial charge in [0.2, 0.25) is 0 Å². The molecule has 0 spiro atoms. The molecule has 0 radical (unpaired) electrons. The van der Waals surface area contributed by atoms with Crippen LogP contribution < -0.4 is 5.76 Å². The SMILES string of the molecule is N#Cc1cnc(-c2ccc(Cl)c3[nH]c(=O)oc23)cn1. The highest BCUT2D eigenvalue weighted by atomic mass is 35.5. The number of nitrogens with zero attached hydrogens (tertiary/aromatic N) is 3. The first-order valence-corrected chi connectivity index (χ1v) is 5.60. The molecule has 2 heterocycles. The lowest BCUT2D eigenvalue weighted by Crippen LogP contribution is -1.93. The molecule has 0 unspecified atom stereocenters. The molecule has 2 aromatic heterocycles. The topological polar surface area (TPSA) is 95.6 Å². The molecular formula is C12H5ClN4O2. The van der Waals surface area contributed by atoms with Gasteiger partial charge in [0.1, 0.15) is 11.6 Å². The Bertz CT molecular complexity index is 858. The molecule has 0 atom stereocenters. The summed E-state index contributed by atoms with van der Waals surface area (Å²) in [4.78, 5) is 21.8. The highest BCUT2D eigenvalue weighted by molar-refractivity contribution is 6.35. The van der Waals surface area contributed by atoms with Crippen LogP contribution in [-0.2, 0) is 0 Å². The summed E-state index contributed by atoms with van der Waals surface area (Å²) in [6.45, 7) is 0. The fourth-order valence-corrected chi connectivity index (χ4v) is 1.92. The Kier molecular flexibility index (Phi) is 2.54. The highest BCUT2D eigenvalue weighted by Gasteiger charge is 2.13. The Labute approximate surface area is 111 Å². The van der Waals surface area contributed by atoms with E-state index in [1.54, 1.807) is 12.1 Å². The normalized spacial score (nSPS) is 10.5. The van der Waals surface area contributed by atoms with Crippen molar-refractivity contribution in [2.75, 3.05) is 0 Å². The fourth-order valence-electron chi connectivity index (χ4n) is 1.73. The van der Waals surface area contributed by atoms with Crippen LogP contribution in [0.2, 0.25) is 5.02 Å². The van der Waals surface area contributed by atoms with E-state index >= 15 is 0 Å². The first kappa shape index (κ1) is 11.4. The van der Waals surface area contributed by atoms with Crippen molar-refractivity contribution in [2.24, 2.45) is 0 Å². The largest absolute Gasteiger partial charge is 0.417 e. The van der Waals surface area contributed by atoms with Gasteiger partial charge in [0.05, 0.1) is 23.1 Å². The van der Waals surface area contributed by atoms with Gasteiger partial charge in [-0.2, -0.15) is 5.26 Å². The average molecular weight is 273 g/mol. The number of nitrogens with one attached hydrogen (secondary N) is 1. The van der Waals surface area contributed by atoms with Gasteiger partial charge >= 0.3 is 5.76 Å². The van der Waals surface area contributed by atoms with Gasteiger partial charge < -0.3 is 4.42 Å². The van der Waals surface area contributed by atoms with Crippen LogP contribution in [0.25, 0.3) is 22.4 Å². The lowest BCUT2D eigenvalue weighted by molar-refractivity contribution is 0.556. The predicted octanol–water partition coefficient (Wildman–Crippen LogP) is 2.10. The van der Waals surface area contributed by atoms with Crippen LogP contribution in [0.1, 0.15) is 5.69 Å². The Morgan fingerprint density at radius 2 is 2.16 bits per heavy atom. The van der Waals surface area contributed by atoms with Crippen LogP contribution in [0.4, 0.5) is 0 Å². The van der Waals surface area contributed by atoms with Gasteiger partial charge in [0.25, 0.3) is 0 Å². The molecule has 7 heteroatoms. The zero-order chi connectivity index (χ0) is 13.4. The Morgan fingerprint density at radius 3 is 2.84 bits per heavy atom. The second kappa shape index (κ2) is 4.23. The van der Waals surface area contributed by atoms with Crippen LogP contribution in [0.5, 0.6) is 0 Å². The molecule has 6 nitrogen and oxygen atoms in total. The maximum Gasteiger partial charge on any atom is 0.417 e. The first-order valence-electron chi connectivity index (χ1n) is 5.23. The molecule has 0 amide bonds. The van der Waals surface area contributed by atoms with Crippen LogP contribution in [0, 0.1) is 11.3 Å². The molecule has 92 valence electrons. The molecule has 0 saturated carbocycles. The van der Waals surface area contributed by atoms with Crippen molar-refractivity contribution in [3.05, 3.63) is 45.8 Å². The summed E-state index contributed by atoms with van der Waals surface area (Å²) in [5.74, 6) is -0.592. The third kappa shape index (κ3) is 1.86. The van der Waals surface area contributed by atoms with Crippen molar-refractivity contribution < 1.29 is 4.42 Å². The standard InChI is InChI=1S/C12H5ClN4O2/c13-8-2-1-7(11-10(8)17-12(18)19-11)9-5-15-6(3-14)4-16-9/h1-2,4-5H,(H,17,18). The smallest absolute Gasteiger partial charge is 0.407 e. The van der Waals surface area contributed by atoms with Crippen molar-refractivity contribution in [1.29, 1.82) is 5.26 Å². The van der Waals surface area contributed by atoms with Gasteiger partial charge in [-0.05, 0) is 12.1 Å². The number of hydrogen-bond acceptors (Lipinski definition) is 5. The van der Waals surface area contributed by atoms with Gasteiger partial charge in [0, 0.05) is 5.56 Å². The van der Waals surface area contributed by atoms with Crippen molar-refractivity contribution in [3.8, 4) is 17.3 Å². The third-order valence-electron chi connectivity index (χ3n) is 2.57. The van der Waals surface area contributed by atoms with Crippen molar-refractivity contribution >= 4 is 22.7 Å². The van der Waals surface area contributed by atoms with E-state index in [1.807, 2.05) is 6.07 Å². The van der Waals surface area contributed by atoms with Crippen molar-refractivity contribution in [3.63, 3.8) is 0 Å². The molecular weight excluding hydrogens is 268 g/mol. The molecule has 3 aromatic rings. The van der Waals surface area contributed by atoms with Crippen LogP contribution >= 0.6 is 11.6 Å². The van der Waals surface area contributed by atoms with Gasteiger partial charge in [-0.15, -0.1) is 0 Å². The second-order valence-electron chi connectivity index (χ2n) is 3.71. The van der Waals surface area contributed by atoms with E-state index in [0.29, 0.717) is 27.4 Å². The number of fused-ring (bicyclic) bond motifs is 1. The minimum absolute atomic E-state index is 0.212. The fraction of sp³-hybridized carbons (Fsp3) is 0. The number of H-pyrrole nitrogens is 1. The lowest BCUT2D eigenvalue weighted by Gasteiger charge is -2.01. The maximum atomic E-state index is 11.3. The number of hydrogen-bond donors (Lipinski definition) is 1. The molecule has 19 heavy (non-hydrogen) atoms. The summed E-state index contributed by atoms with van der Waals surface area (Å²) in [6, 6.07) is 5.19. The molecule has 1 N–H and O–H groups in total. The van der Waals surface area contributed by atoms with Crippen molar-refractivity contribution in [2.45, 2.75) is 0 Å². The van der Waals surface area contributed by atoms with Gasteiger partial charge in [-0.25, -0.2) is 9.78 Å². The molecule has 3 rings (SSSR count). The summed E-state index contributed by atoms with van der Waals surface area (Å²) >= 11 is 5.97.